The van der Waals surface area contributed by atoms with Crippen LogP contribution in [0.2, 0.25) is 0 Å². The highest BCUT2D eigenvalue weighted by Crippen LogP contribution is 2.28. The second kappa shape index (κ2) is 10.3. The van der Waals surface area contributed by atoms with Gasteiger partial charge in [0.05, 0.1) is 0 Å². The number of benzene rings is 2. The van der Waals surface area contributed by atoms with E-state index in [1.54, 1.807) is 35.3 Å². The minimum atomic E-state index is 0.896. The Morgan fingerprint density at radius 2 is 0.762 bits per heavy atom. The van der Waals surface area contributed by atoms with Gasteiger partial charge in [0, 0.05) is 29.4 Å². The average molecular weight is 391 g/mol. The number of hydrogen-bond donors (Lipinski definition) is 3. The van der Waals surface area contributed by atoms with Gasteiger partial charge in [0.15, 0.2) is 0 Å². The van der Waals surface area contributed by atoms with Crippen molar-refractivity contribution in [1.29, 1.82) is 0 Å². The molecule has 21 heavy (non-hydrogen) atoms. The third-order valence-corrected chi connectivity index (χ3v) is 5.34. The summed E-state index contributed by atoms with van der Waals surface area (Å²) in [5.41, 5.74) is 0. The van der Waals surface area contributed by atoms with E-state index in [0.29, 0.717) is 0 Å². The predicted molar refractivity (Wildman–Crippen MR) is 110 cm³/mol. The Bertz CT molecular complexity index is 477. The molecule has 2 aromatic rings. The molecule has 0 atom stereocenters. The molecule has 0 bridgehead atoms. The van der Waals surface area contributed by atoms with Crippen molar-refractivity contribution in [2.45, 2.75) is 29.4 Å². The highest BCUT2D eigenvalue weighted by Gasteiger charge is 1.98. The summed E-state index contributed by atoms with van der Waals surface area (Å²) in [6.45, 7) is 0. The van der Waals surface area contributed by atoms with Gasteiger partial charge < -0.3 is 0 Å². The Morgan fingerprint density at radius 3 is 0.952 bits per heavy atom. The van der Waals surface area contributed by atoms with Crippen molar-refractivity contribution in [1.82, 2.24) is 0 Å². The highest BCUT2D eigenvalue weighted by atomic mass is 32.2. The van der Waals surface area contributed by atoms with Gasteiger partial charge in [-0.3, -0.25) is 0 Å². The third-order valence-electron chi connectivity index (χ3n) is 2.45. The molecule has 0 radical (unpaired) electrons. The fourth-order valence-corrected chi connectivity index (χ4v) is 4.31. The van der Waals surface area contributed by atoms with Gasteiger partial charge in [-0.15, -0.1) is 73.2 Å². The molecular formula is C15H18S6. The smallest absolute Gasteiger partial charge is 0.00914 e. The van der Waals surface area contributed by atoms with Gasteiger partial charge in [-0.05, 0) is 55.2 Å². The molecule has 0 unspecified atom stereocenters. The number of thiol groups is 3. The van der Waals surface area contributed by atoms with Crippen LogP contribution in [0.1, 0.15) is 0 Å². The molecule has 0 amide bonds. The molecule has 0 saturated heterocycles. The van der Waals surface area contributed by atoms with E-state index in [0.717, 1.165) is 14.7 Å². The van der Waals surface area contributed by atoms with Gasteiger partial charge in [-0.2, -0.15) is 0 Å². The van der Waals surface area contributed by atoms with Gasteiger partial charge in [0.1, 0.15) is 0 Å². The van der Waals surface area contributed by atoms with Gasteiger partial charge in [-0.25, -0.2) is 0 Å². The van der Waals surface area contributed by atoms with Crippen LogP contribution in [-0.2, 0) is 0 Å². The summed E-state index contributed by atoms with van der Waals surface area (Å²) in [6, 6.07) is 12.3. The Hall–Kier alpha value is 0.540. The van der Waals surface area contributed by atoms with Crippen LogP contribution < -0.4 is 0 Å². The Kier molecular flexibility index (Phi) is 9.64. The lowest BCUT2D eigenvalue weighted by atomic mass is 10.4. The normalized spacial score (nSPS) is 10.0. The van der Waals surface area contributed by atoms with Gasteiger partial charge >= 0.3 is 0 Å². The van der Waals surface area contributed by atoms with Crippen LogP contribution in [0.4, 0.5) is 0 Å². The Labute approximate surface area is 156 Å². The van der Waals surface area contributed by atoms with E-state index >= 15 is 0 Å². The van der Waals surface area contributed by atoms with Crippen LogP contribution >= 0.6 is 73.2 Å². The second-order valence-electron chi connectivity index (χ2n) is 3.96. The maximum atomic E-state index is 4.13. The molecular weight excluding hydrogens is 373 g/mol. The predicted octanol–water partition coefficient (Wildman–Crippen LogP) is 6.41. The molecule has 0 nitrogen and oxygen atoms in total. The summed E-state index contributed by atoms with van der Waals surface area (Å²) in [6.07, 6.45) is 6.34. The standard InChI is InChI=1S/C9H12S3.C6H6S3/c1-10-7-4-8(11-2)6-9(5-7)12-3;7-4-1-5(8)3-6(9)2-4/h4-6H,1-3H3;1-3,7-9H. The van der Waals surface area contributed by atoms with E-state index in [2.05, 4.69) is 74.9 Å². The summed E-state index contributed by atoms with van der Waals surface area (Å²) >= 11 is 17.8. The summed E-state index contributed by atoms with van der Waals surface area (Å²) in [5, 5.41) is 0. The first kappa shape index (κ1) is 19.6. The molecule has 0 heterocycles. The number of rotatable bonds is 3. The van der Waals surface area contributed by atoms with Gasteiger partial charge in [0.25, 0.3) is 0 Å². The van der Waals surface area contributed by atoms with Crippen molar-refractivity contribution in [2.75, 3.05) is 18.8 Å². The molecule has 114 valence electrons. The van der Waals surface area contributed by atoms with Crippen molar-refractivity contribution in [3.05, 3.63) is 36.4 Å². The van der Waals surface area contributed by atoms with E-state index in [4.69, 9.17) is 0 Å². The SMILES string of the molecule is CSc1cc(SC)cc(SC)c1.Sc1cc(S)cc(S)c1. The van der Waals surface area contributed by atoms with E-state index in [1.165, 1.54) is 14.7 Å². The fraction of sp³-hybridized carbons (Fsp3) is 0.200. The minimum Gasteiger partial charge on any atom is -0.143 e. The molecule has 0 aromatic heterocycles. The van der Waals surface area contributed by atoms with Crippen LogP contribution in [0.25, 0.3) is 0 Å². The van der Waals surface area contributed by atoms with Crippen molar-refractivity contribution in [2.24, 2.45) is 0 Å². The molecule has 6 heteroatoms. The van der Waals surface area contributed by atoms with E-state index in [9.17, 15) is 0 Å². The summed E-state index contributed by atoms with van der Waals surface area (Å²) in [5.74, 6) is 0. The Morgan fingerprint density at radius 1 is 0.524 bits per heavy atom. The summed E-state index contributed by atoms with van der Waals surface area (Å²) < 4.78 is 0. The lowest BCUT2D eigenvalue weighted by Gasteiger charge is -2.03. The van der Waals surface area contributed by atoms with Crippen molar-refractivity contribution < 1.29 is 0 Å². The van der Waals surface area contributed by atoms with Gasteiger partial charge in [-0.1, -0.05) is 0 Å². The lowest BCUT2D eigenvalue weighted by molar-refractivity contribution is 1.24. The van der Waals surface area contributed by atoms with Crippen LogP contribution in [-0.4, -0.2) is 18.8 Å². The monoisotopic (exact) mass is 390 g/mol. The first-order valence-corrected chi connectivity index (χ1v) is 11.0. The maximum absolute atomic E-state index is 4.13. The molecule has 0 aliphatic heterocycles. The van der Waals surface area contributed by atoms with Gasteiger partial charge in [0.2, 0.25) is 0 Å². The molecule has 0 aliphatic rings. The Balaban J connectivity index is 0.000000219. The molecule has 2 aromatic carbocycles. The lowest BCUT2D eigenvalue weighted by Crippen LogP contribution is -1.76. The molecule has 0 N–H and O–H groups in total. The number of hydrogen-bond acceptors (Lipinski definition) is 6. The fourth-order valence-electron chi connectivity index (χ4n) is 1.48. The summed E-state index contributed by atoms with van der Waals surface area (Å²) in [7, 11) is 0. The van der Waals surface area contributed by atoms with E-state index in [-0.39, 0.29) is 0 Å². The molecule has 2 rings (SSSR count). The minimum absolute atomic E-state index is 0.896. The zero-order valence-electron chi connectivity index (χ0n) is 12.0. The quantitative estimate of drug-likeness (QED) is 0.410. The molecule has 0 spiro atoms. The maximum Gasteiger partial charge on any atom is 0.00914 e. The van der Waals surface area contributed by atoms with Crippen molar-refractivity contribution in [3.63, 3.8) is 0 Å². The van der Waals surface area contributed by atoms with E-state index < -0.39 is 0 Å². The topological polar surface area (TPSA) is 0 Å². The van der Waals surface area contributed by atoms with Crippen LogP contribution in [0.3, 0.4) is 0 Å². The largest absolute Gasteiger partial charge is 0.143 e. The molecule has 0 aliphatic carbocycles. The molecule has 0 fully saturated rings. The van der Waals surface area contributed by atoms with Crippen molar-refractivity contribution >= 4 is 73.2 Å². The average Bonchev–Trinajstić information content (AvgIpc) is 2.45. The van der Waals surface area contributed by atoms with Crippen molar-refractivity contribution in [3.8, 4) is 0 Å². The zero-order valence-corrected chi connectivity index (χ0v) is 17.2. The number of thioether (sulfide) groups is 3. The highest BCUT2D eigenvalue weighted by molar-refractivity contribution is 8.00. The molecule has 0 saturated carbocycles. The van der Waals surface area contributed by atoms with Crippen LogP contribution in [0.15, 0.2) is 65.8 Å². The van der Waals surface area contributed by atoms with Crippen LogP contribution in [0, 0.1) is 0 Å². The zero-order chi connectivity index (χ0) is 15.8. The summed E-state index contributed by atoms with van der Waals surface area (Å²) in [4.78, 5) is 6.75. The van der Waals surface area contributed by atoms with E-state index in [1.807, 2.05) is 18.2 Å². The first-order chi connectivity index (χ1) is 9.98. The van der Waals surface area contributed by atoms with Crippen LogP contribution in [0.5, 0.6) is 0 Å². The first-order valence-electron chi connectivity index (χ1n) is 5.97. The third kappa shape index (κ3) is 7.57. The second-order valence-corrected chi connectivity index (χ2v) is 8.15.